The van der Waals surface area contributed by atoms with Gasteiger partial charge < -0.3 is 10.6 Å². The molecule has 12 heavy (non-hydrogen) atoms. The number of hydrogen-bond donors (Lipinski definition) is 2. The zero-order valence-electron chi connectivity index (χ0n) is 7.16. The summed E-state index contributed by atoms with van der Waals surface area (Å²) < 4.78 is 0. The van der Waals surface area contributed by atoms with Gasteiger partial charge in [0, 0.05) is 25.9 Å². The number of nitrogens with zero attached hydrogens (tertiary/aromatic N) is 2. The molecule has 0 spiro atoms. The van der Waals surface area contributed by atoms with Gasteiger partial charge in [-0.2, -0.15) is 0 Å². The van der Waals surface area contributed by atoms with Crippen LogP contribution in [0.25, 0.3) is 0 Å². The third-order valence-electron chi connectivity index (χ3n) is 1.29. The topological polar surface area (TPSA) is 66.0 Å². The lowest BCUT2D eigenvalue weighted by Crippen LogP contribution is -2.13. The van der Waals surface area contributed by atoms with E-state index in [2.05, 4.69) is 4.98 Å². The van der Waals surface area contributed by atoms with Crippen molar-refractivity contribution >= 4 is 22.3 Å². The van der Waals surface area contributed by atoms with E-state index in [9.17, 15) is 0 Å². The van der Waals surface area contributed by atoms with Gasteiger partial charge in [-0.25, -0.2) is 4.98 Å². The predicted octanol–water partition coefficient (Wildman–Crippen LogP) is 0.688. The van der Waals surface area contributed by atoms with Gasteiger partial charge in [0.25, 0.3) is 0 Å². The predicted molar refractivity (Wildman–Crippen MR) is 52.1 cm³/mol. The molecule has 1 heterocycles. The largest absolute Gasteiger partial charge is 0.387 e. The molecule has 3 N–H and O–H groups in total. The molecule has 0 saturated heterocycles. The van der Waals surface area contributed by atoms with Crippen molar-refractivity contribution in [1.82, 2.24) is 4.98 Å². The molecule has 0 aromatic carbocycles. The number of nitrogens with one attached hydrogen (secondary N) is 1. The number of nitrogens with two attached hydrogens (primary N) is 1. The molecule has 0 aliphatic carbocycles. The Morgan fingerprint density at radius 2 is 2.42 bits per heavy atom. The highest BCUT2D eigenvalue weighted by Gasteiger charge is 2.03. The number of hydrogen-bond acceptors (Lipinski definition) is 4. The van der Waals surface area contributed by atoms with E-state index in [1.165, 1.54) is 0 Å². The van der Waals surface area contributed by atoms with Crippen molar-refractivity contribution in [2.24, 2.45) is 5.73 Å². The van der Waals surface area contributed by atoms with Gasteiger partial charge in [-0.05, 0) is 0 Å². The molecule has 0 radical (unpaired) electrons. The lowest BCUT2D eigenvalue weighted by atomic mass is 10.3. The summed E-state index contributed by atoms with van der Waals surface area (Å²) in [5, 5.41) is 9.95. The molecule has 0 saturated carbocycles. The van der Waals surface area contributed by atoms with Gasteiger partial charge in [-0.1, -0.05) is 0 Å². The van der Waals surface area contributed by atoms with E-state index in [1.54, 1.807) is 11.3 Å². The maximum Gasteiger partial charge on any atom is 0.184 e. The molecule has 0 fully saturated rings. The molecule has 5 heteroatoms. The molecule has 0 unspecified atom stereocenters. The second-order valence-corrected chi connectivity index (χ2v) is 3.55. The summed E-state index contributed by atoms with van der Waals surface area (Å²) in [6, 6.07) is 0. The van der Waals surface area contributed by atoms with Gasteiger partial charge >= 0.3 is 0 Å². The van der Waals surface area contributed by atoms with E-state index in [0.717, 1.165) is 10.8 Å². The van der Waals surface area contributed by atoms with Crippen LogP contribution in [-0.4, -0.2) is 24.9 Å². The van der Waals surface area contributed by atoms with Crippen LogP contribution < -0.4 is 10.6 Å². The van der Waals surface area contributed by atoms with Crippen LogP contribution in [0, 0.1) is 5.41 Å². The third kappa shape index (κ3) is 2.20. The number of thiazole rings is 1. The Morgan fingerprint density at radius 3 is 2.83 bits per heavy atom. The fourth-order valence-corrected chi connectivity index (χ4v) is 1.54. The van der Waals surface area contributed by atoms with Crippen LogP contribution in [0.5, 0.6) is 0 Å². The minimum Gasteiger partial charge on any atom is -0.387 e. The molecular formula is C7H12N4S. The Bertz CT molecular complexity index is 279. The molecule has 1 rings (SSSR count). The van der Waals surface area contributed by atoms with Crippen LogP contribution in [0.3, 0.4) is 0 Å². The summed E-state index contributed by atoms with van der Waals surface area (Å²) in [6.45, 7) is 0. The molecule has 0 atom stereocenters. The molecule has 1 aromatic rings. The van der Waals surface area contributed by atoms with Crippen molar-refractivity contribution in [3.8, 4) is 0 Å². The molecular weight excluding hydrogens is 172 g/mol. The first-order valence-electron chi connectivity index (χ1n) is 3.54. The van der Waals surface area contributed by atoms with Crippen molar-refractivity contribution in [3.63, 3.8) is 0 Å². The molecule has 0 bridgehead atoms. The smallest absolute Gasteiger partial charge is 0.184 e. The van der Waals surface area contributed by atoms with E-state index >= 15 is 0 Å². The summed E-state index contributed by atoms with van der Waals surface area (Å²) >= 11 is 1.56. The summed E-state index contributed by atoms with van der Waals surface area (Å²) in [6.07, 6.45) is 0.449. The van der Waals surface area contributed by atoms with Gasteiger partial charge in [-0.15, -0.1) is 11.3 Å². The Balaban J connectivity index is 2.70. The lowest BCUT2D eigenvalue weighted by Gasteiger charge is -2.05. The number of aromatic nitrogens is 1. The number of anilines is 1. The van der Waals surface area contributed by atoms with Crippen LogP contribution in [0.4, 0.5) is 5.13 Å². The average Bonchev–Trinajstić information content (AvgIpc) is 2.34. The van der Waals surface area contributed by atoms with Crippen LogP contribution in [0.2, 0.25) is 0 Å². The van der Waals surface area contributed by atoms with Crippen LogP contribution in [0.1, 0.15) is 5.69 Å². The SMILES string of the molecule is CN(C)c1nc(CC(=N)N)cs1. The average molecular weight is 184 g/mol. The first kappa shape index (κ1) is 8.99. The van der Waals surface area contributed by atoms with Crippen LogP contribution in [-0.2, 0) is 6.42 Å². The van der Waals surface area contributed by atoms with Crippen molar-refractivity contribution in [2.75, 3.05) is 19.0 Å². The third-order valence-corrected chi connectivity index (χ3v) is 2.35. The summed E-state index contributed by atoms with van der Waals surface area (Å²) in [4.78, 5) is 6.21. The zero-order chi connectivity index (χ0) is 9.14. The monoisotopic (exact) mass is 184 g/mol. The highest BCUT2D eigenvalue weighted by atomic mass is 32.1. The quantitative estimate of drug-likeness (QED) is 0.536. The Kier molecular flexibility index (Phi) is 2.65. The molecule has 0 aliphatic heterocycles. The first-order valence-corrected chi connectivity index (χ1v) is 4.42. The normalized spacial score (nSPS) is 9.83. The summed E-state index contributed by atoms with van der Waals surface area (Å²) in [7, 11) is 3.88. The van der Waals surface area contributed by atoms with E-state index in [-0.39, 0.29) is 5.84 Å². The molecule has 66 valence electrons. The molecule has 1 aromatic heterocycles. The van der Waals surface area contributed by atoms with Crippen LogP contribution in [0.15, 0.2) is 5.38 Å². The van der Waals surface area contributed by atoms with Gasteiger partial charge in [-0.3, -0.25) is 5.41 Å². The van der Waals surface area contributed by atoms with Crippen LogP contribution >= 0.6 is 11.3 Å². The minimum absolute atomic E-state index is 0.158. The fraction of sp³-hybridized carbons (Fsp3) is 0.429. The Hall–Kier alpha value is -1.10. The maximum absolute atomic E-state index is 7.08. The number of rotatable bonds is 3. The fourth-order valence-electron chi connectivity index (χ4n) is 0.778. The van der Waals surface area contributed by atoms with E-state index in [0.29, 0.717) is 6.42 Å². The Morgan fingerprint density at radius 1 is 1.75 bits per heavy atom. The maximum atomic E-state index is 7.08. The van der Waals surface area contributed by atoms with Crippen molar-refractivity contribution in [3.05, 3.63) is 11.1 Å². The molecule has 4 nitrogen and oxygen atoms in total. The Labute approximate surface area is 75.5 Å². The van der Waals surface area contributed by atoms with Crippen molar-refractivity contribution in [2.45, 2.75) is 6.42 Å². The van der Waals surface area contributed by atoms with E-state index in [1.807, 2.05) is 24.4 Å². The standard InChI is InChI=1S/C7H12N4S/c1-11(2)7-10-5(4-12-7)3-6(8)9/h4H,3H2,1-2H3,(H3,8,9). The van der Waals surface area contributed by atoms with Gasteiger partial charge in [0.2, 0.25) is 0 Å². The first-order chi connectivity index (χ1) is 5.59. The highest BCUT2D eigenvalue weighted by Crippen LogP contribution is 2.17. The highest BCUT2D eigenvalue weighted by molar-refractivity contribution is 7.13. The van der Waals surface area contributed by atoms with Crippen molar-refractivity contribution < 1.29 is 0 Å². The zero-order valence-corrected chi connectivity index (χ0v) is 7.98. The molecule has 0 amide bonds. The van der Waals surface area contributed by atoms with Crippen molar-refractivity contribution in [1.29, 1.82) is 5.41 Å². The minimum atomic E-state index is 0.158. The second-order valence-electron chi connectivity index (χ2n) is 2.72. The summed E-state index contributed by atoms with van der Waals surface area (Å²) in [5.41, 5.74) is 6.12. The lowest BCUT2D eigenvalue weighted by molar-refractivity contribution is 1.07. The van der Waals surface area contributed by atoms with E-state index < -0.39 is 0 Å². The molecule has 0 aliphatic rings. The van der Waals surface area contributed by atoms with Gasteiger partial charge in [0.1, 0.15) is 0 Å². The van der Waals surface area contributed by atoms with Gasteiger partial charge in [0.05, 0.1) is 11.5 Å². The second kappa shape index (κ2) is 3.53. The van der Waals surface area contributed by atoms with Gasteiger partial charge in [0.15, 0.2) is 5.13 Å². The van der Waals surface area contributed by atoms with E-state index in [4.69, 9.17) is 11.1 Å². The summed E-state index contributed by atoms with van der Waals surface area (Å²) in [5.74, 6) is 0.158. The number of amidine groups is 1.